The first kappa shape index (κ1) is 16.7. The minimum atomic E-state index is 0.0857. The Morgan fingerprint density at radius 2 is 2.30 bits per heavy atom. The van der Waals surface area contributed by atoms with Crippen LogP contribution < -0.4 is 5.32 Å². The number of halogens is 1. The first-order chi connectivity index (χ1) is 11.1. The molecule has 1 fully saturated rings. The SMILES string of the molecule is CCCn1c(SCC(=O)NC(C)C2CC2)nc2cc(Cl)ccc21. The molecule has 4 nitrogen and oxygen atoms in total. The Kier molecular flexibility index (Phi) is 5.17. The monoisotopic (exact) mass is 351 g/mol. The van der Waals surface area contributed by atoms with Gasteiger partial charge in [-0.25, -0.2) is 4.98 Å². The van der Waals surface area contributed by atoms with Crippen LogP contribution in [0.2, 0.25) is 5.02 Å². The summed E-state index contributed by atoms with van der Waals surface area (Å²) in [7, 11) is 0. The molecule has 3 rings (SSSR count). The van der Waals surface area contributed by atoms with Crippen LogP contribution in [0.15, 0.2) is 23.4 Å². The van der Waals surface area contributed by atoms with Crippen molar-refractivity contribution in [3.05, 3.63) is 23.2 Å². The van der Waals surface area contributed by atoms with Gasteiger partial charge < -0.3 is 9.88 Å². The van der Waals surface area contributed by atoms with Gasteiger partial charge in [0.1, 0.15) is 0 Å². The number of benzene rings is 1. The quantitative estimate of drug-likeness (QED) is 0.764. The summed E-state index contributed by atoms with van der Waals surface area (Å²) in [5.41, 5.74) is 1.96. The van der Waals surface area contributed by atoms with Gasteiger partial charge in [0.15, 0.2) is 5.16 Å². The van der Waals surface area contributed by atoms with Crippen LogP contribution in [-0.2, 0) is 11.3 Å². The predicted molar refractivity (Wildman–Crippen MR) is 96.1 cm³/mol. The molecule has 23 heavy (non-hydrogen) atoms. The molecular weight excluding hydrogens is 330 g/mol. The Labute approximate surface area is 146 Å². The Bertz CT molecular complexity index is 711. The molecule has 1 atom stereocenters. The van der Waals surface area contributed by atoms with Gasteiger partial charge in [0.05, 0.1) is 16.8 Å². The van der Waals surface area contributed by atoms with E-state index in [9.17, 15) is 4.79 Å². The first-order valence-electron chi connectivity index (χ1n) is 8.16. The third-order valence-electron chi connectivity index (χ3n) is 4.17. The standard InChI is InChI=1S/C17H22ClN3OS/c1-3-8-21-15-7-6-13(18)9-14(15)20-17(21)23-10-16(22)19-11(2)12-4-5-12/h6-7,9,11-12H,3-5,8,10H2,1-2H3,(H,19,22). The van der Waals surface area contributed by atoms with E-state index in [0.717, 1.165) is 29.2 Å². The van der Waals surface area contributed by atoms with Crippen molar-refractivity contribution < 1.29 is 4.79 Å². The number of aromatic nitrogens is 2. The van der Waals surface area contributed by atoms with Gasteiger partial charge >= 0.3 is 0 Å². The fourth-order valence-corrected chi connectivity index (χ4v) is 3.79. The summed E-state index contributed by atoms with van der Waals surface area (Å²) in [6.07, 6.45) is 3.50. The van der Waals surface area contributed by atoms with Crippen LogP contribution >= 0.6 is 23.4 Å². The molecule has 1 aromatic carbocycles. The third-order valence-corrected chi connectivity index (χ3v) is 5.38. The maximum atomic E-state index is 12.1. The molecule has 1 amide bonds. The smallest absolute Gasteiger partial charge is 0.230 e. The Morgan fingerprint density at radius 3 is 3.00 bits per heavy atom. The average molecular weight is 352 g/mol. The van der Waals surface area contributed by atoms with Crippen LogP contribution in [0.1, 0.15) is 33.1 Å². The van der Waals surface area contributed by atoms with E-state index < -0.39 is 0 Å². The van der Waals surface area contributed by atoms with Crippen molar-refractivity contribution in [2.45, 2.75) is 50.9 Å². The molecule has 0 saturated heterocycles. The summed E-state index contributed by atoms with van der Waals surface area (Å²) >= 11 is 7.56. The first-order valence-corrected chi connectivity index (χ1v) is 9.52. The molecule has 124 valence electrons. The summed E-state index contributed by atoms with van der Waals surface area (Å²) in [6.45, 7) is 5.12. The van der Waals surface area contributed by atoms with Gasteiger partial charge in [0, 0.05) is 17.6 Å². The molecule has 1 aliphatic carbocycles. The summed E-state index contributed by atoms with van der Waals surface area (Å²) in [5, 5.41) is 4.66. The summed E-state index contributed by atoms with van der Waals surface area (Å²) < 4.78 is 2.17. The number of hydrogen-bond acceptors (Lipinski definition) is 3. The van der Waals surface area contributed by atoms with Crippen molar-refractivity contribution in [2.75, 3.05) is 5.75 Å². The predicted octanol–water partition coefficient (Wildman–Crippen LogP) is 4.11. The lowest BCUT2D eigenvalue weighted by molar-refractivity contribution is -0.119. The highest BCUT2D eigenvalue weighted by Crippen LogP contribution is 2.32. The Morgan fingerprint density at radius 1 is 1.52 bits per heavy atom. The van der Waals surface area contributed by atoms with E-state index in [2.05, 4.69) is 28.7 Å². The second kappa shape index (κ2) is 7.14. The van der Waals surface area contributed by atoms with Crippen molar-refractivity contribution >= 4 is 40.3 Å². The van der Waals surface area contributed by atoms with E-state index in [4.69, 9.17) is 11.6 Å². The lowest BCUT2D eigenvalue weighted by Gasteiger charge is -2.12. The summed E-state index contributed by atoms with van der Waals surface area (Å²) in [6, 6.07) is 6.05. The Hall–Kier alpha value is -1.20. The number of carbonyl (C=O) groups is 1. The molecule has 1 N–H and O–H groups in total. The topological polar surface area (TPSA) is 46.9 Å². The number of fused-ring (bicyclic) bond motifs is 1. The highest BCUT2D eigenvalue weighted by molar-refractivity contribution is 7.99. The minimum Gasteiger partial charge on any atom is -0.353 e. The number of imidazole rings is 1. The zero-order valence-electron chi connectivity index (χ0n) is 13.5. The van der Waals surface area contributed by atoms with Gasteiger partial charge in [-0.1, -0.05) is 30.3 Å². The van der Waals surface area contributed by atoms with Crippen LogP contribution in [-0.4, -0.2) is 27.3 Å². The molecule has 2 aromatic rings. The number of carbonyl (C=O) groups excluding carboxylic acids is 1. The highest BCUT2D eigenvalue weighted by Gasteiger charge is 2.28. The number of aryl methyl sites for hydroxylation is 1. The molecule has 1 aromatic heterocycles. The second-order valence-electron chi connectivity index (χ2n) is 6.16. The van der Waals surface area contributed by atoms with Gasteiger partial charge in [-0.2, -0.15) is 0 Å². The molecule has 1 unspecified atom stereocenters. The number of thioether (sulfide) groups is 1. The minimum absolute atomic E-state index is 0.0857. The molecule has 1 heterocycles. The largest absolute Gasteiger partial charge is 0.353 e. The normalized spacial score (nSPS) is 15.8. The van der Waals surface area contributed by atoms with Gasteiger partial charge in [-0.3, -0.25) is 4.79 Å². The van der Waals surface area contributed by atoms with Crippen molar-refractivity contribution in [2.24, 2.45) is 5.92 Å². The van der Waals surface area contributed by atoms with Crippen LogP contribution in [0.3, 0.4) is 0 Å². The molecule has 1 saturated carbocycles. The van der Waals surface area contributed by atoms with E-state index >= 15 is 0 Å². The number of hydrogen-bond donors (Lipinski definition) is 1. The van der Waals surface area contributed by atoms with E-state index in [1.165, 1.54) is 24.6 Å². The maximum absolute atomic E-state index is 12.1. The molecule has 0 aliphatic heterocycles. The zero-order valence-corrected chi connectivity index (χ0v) is 15.1. The van der Waals surface area contributed by atoms with Crippen LogP contribution in [0.5, 0.6) is 0 Å². The van der Waals surface area contributed by atoms with Crippen LogP contribution in [0, 0.1) is 5.92 Å². The molecule has 1 aliphatic rings. The van der Waals surface area contributed by atoms with Crippen molar-refractivity contribution in [3.8, 4) is 0 Å². The average Bonchev–Trinajstić information content (AvgIpc) is 3.30. The number of rotatable bonds is 7. The fourth-order valence-electron chi connectivity index (χ4n) is 2.77. The molecule has 6 heteroatoms. The van der Waals surface area contributed by atoms with Gasteiger partial charge in [0.2, 0.25) is 5.91 Å². The third kappa shape index (κ3) is 4.01. The highest BCUT2D eigenvalue weighted by atomic mass is 35.5. The van der Waals surface area contributed by atoms with Gasteiger partial charge in [-0.05, 0) is 50.3 Å². The van der Waals surface area contributed by atoms with Gasteiger partial charge in [-0.15, -0.1) is 0 Å². The fraction of sp³-hybridized carbons (Fsp3) is 0.529. The van der Waals surface area contributed by atoms with E-state index in [1.54, 1.807) is 0 Å². The maximum Gasteiger partial charge on any atom is 0.230 e. The zero-order chi connectivity index (χ0) is 16.4. The van der Waals surface area contributed by atoms with Crippen LogP contribution in [0.25, 0.3) is 11.0 Å². The summed E-state index contributed by atoms with van der Waals surface area (Å²) in [5.74, 6) is 1.16. The summed E-state index contributed by atoms with van der Waals surface area (Å²) in [4.78, 5) is 16.8. The molecule has 0 spiro atoms. The molecule has 0 bridgehead atoms. The lowest BCUT2D eigenvalue weighted by Crippen LogP contribution is -2.35. The van der Waals surface area contributed by atoms with E-state index in [-0.39, 0.29) is 11.9 Å². The second-order valence-corrected chi connectivity index (χ2v) is 7.54. The number of nitrogens with one attached hydrogen (secondary N) is 1. The molecular formula is C17H22ClN3OS. The Balaban J connectivity index is 1.70. The van der Waals surface area contributed by atoms with Gasteiger partial charge in [0.25, 0.3) is 0 Å². The van der Waals surface area contributed by atoms with Crippen molar-refractivity contribution in [3.63, 3.8) is 0 Å². The lowest BCUT2D eigenvalue weighted by atomic mass is 10.2. The van der Waals surface area contributed by atoms with Crippen molar-refractivity contribution in [1.82, 2.24) is 14.9 Å². The van der Waals surface area contributed by atoms with Crippen molar-refractivity contribution in [1.29, 1.82) is 0 Å². The number of nitrogens with zero attached hydrogens (tertiary/aromatic N) is 2. The van der Waals surface area contributed by atoms with E-state index in [0.29, 0.717) is 16.7 Å². The van der Waals surface area contributed by atoms with E-state index in [1.807, 2.05) is 18.2 Å². The number of amides is 1. The molecule has 0 radical (unpaired) electrons. The van der Waals surface area contributed by atoms with Crippen LogP contribution in [0.4, 0.5) is 0 Å².